The molecule has 1 saturated heterocycles. The number of aromatic nitrogens is 4. The minimum absolute atomic E-state index is 0.368. The molecule has 0 saturated carbocycles. The minimum Gasteiger partial charge on any atom is -0.440 e. The summed E-state index contributed by atoms with van der Waals surface area (Å²) < 4.78 is 8.29. The number of para-hydroxylation sites is 2. The Morgan fingerprint density at radius 3 is 3.04 bits per heavy atom. The first-order valence-electron chi connectivity index (χ1n) is 8.85. The number of rotatable bonds is 3. The summed E-state index contributed by atoms with van der Waals surface area (Å²) in [5.41, 5.74) is 1.85. The van der Waals surface area contributed by atoms with Crippen LogP contribution in [-0.2, 0) is 19.5 Å². The number of aryl methyl sites for hydroxylation is 1. The zero-order valence-corrected chi connectivity index (χ0v) is 13.7. The van der Waals surface area contributed by atoms with Crippen LogP contribution in [0.25, 0.3) is 11.1 Å². The highest BCUT2D eigenvalue weighted by Crippen LogP contribution is 2.29. The molecule has 5 rings (SSSR count). The van der Waals surface area contributed by atoms with Crippen LogP contribution in [0, 0.1) is 0 Å². The van der Waals surface area contributed by atoms with Gasteiger partial charge in [0.25, 0.3) is 0 Å². The largest absolute Gasteiger partial charge is 0.440 e. The number of piperidine rings is 1. The summed E-state index contributed by atoms with van der Waals surface area (Å²) in [6, 6.07) is 8.01. The van der Waals surface area contributed by atoms with E-state index in [1.54, 1.807) is 0 Å². The lowest BCUT2D eigenvalue weighted by Crippen LogP contribution is -2.34. The van der Waals surface area contributed by atoms with Crippen LogP contribution < -0.4 is 0 Å². The lowest BCUT2D eigenvalue weighted by atomic mass is 9.98. The van der Waals surface area contributed by atoms with E-state index in [4.69, 9.17) is 9.40 Å². The molecule has 1 atom stereocenters. The predicted octanol–water partition coefficient (Wildman–Crippen LogP) is 2.75. The number of hydrogen-bond acceptors (Lipinski definition) is 5. The van der Waals surface area contributed by atoms with Crippen LogP contribution in [-0.4, -0.2) is 37.7 Å². The van der Waals surface area contributed by atoms with E-state index in [-0.39, 0.29) is 0 Å². The van der Waals surface area contributed by atoms with Gasteiger partial charge in [-0.2, -0.15) is 0 Å². The highest BCUT2D eigenvalue weighted by molar-refractivity contribution is 5.72. The molecule has 2 aromatic heterocycles. The van der Waals surface area contributed by atoms with Crippen LogP contribution in [0.2, 0.25) is 0 Å². The van der Waals surface area contributed by atoms with Crippen molar-refractivity contribution in [2.75, 3.05) is 13.1 Å². The zero-order valence-electron chi connectivity index (χ0n) is 13.7. The quantitative estimate of drug-likeness (QED) is 0.742. The fourth-order valence-corrected chi connectivity index (χ4v) is 3.99. The second-order valence-electron chi connectivity index (χ2n) is 6.88. The predicted molar refractivity (Wildman–Crippen MR) is 89.6 cm³/mol. The van der Waals surface area contributed by atoms with Gasteiger partial charge in [-0.3, -0.25) is 4.90 Å². The third-order valence-corrected chi connectivity index (χ3v) is 5.22. The Kier molecular flexibility index (Phi) is 3.36. The van der Waals surface area contributed by atoms with Crippen LogP contribution >= 0.6 is 0 Å². The van der Waals surface area contributed by atoms with Crippen molar-refractivity contribution >= 4 is 11.1 Å². The van der Waals surface area contributed by atoms with Crippen molar-refractivity contribution in [3.8, 4) is 0 Å². The molecule has 24 heavy (non-hydrogen) atoms. The van der Waals surface area contributed by atoms with E-state index < -0.39 is 0 Å². The standard InChI is InChI=1S/C18H21N5O/c1-2-7-15-14(6-1)19-18(24-15)13-5-3-9-22(11-13)12-17-21-20-16-8-4-10-23(16)17/h1-2,6-7,13H,3-5,8-12H2. The van der Waals surface area contributed by atoms with E-state index >= 15 is 0 Å². The monoisotopic (exact) mass is 323 g/mol. The van der Waals surface area contributed by atoms with Crippen molar-refractivity contribution in [3.63, 3.8) is 0 Å². The molecular weight excluding hydrogens is 302 g/mol. The first-order valence-corrected chi connectivity index (χ1v) is 8.85. The number of hydrogen-bond donors (Lipinski definition) is 0. The van der Waals surface area contributed by atoms with Crippen molar-refractivity contribution in [1.29, 1.82) is 0 Å². The molecule has 0 bridgehead atoms. The summed E-state index contributed by atoms with van der Waals surface area (Å²) >= 11 is 0. The van der Waals surface area contributed by atoms with Crippen molar-refractivity contribution in [2.45, 2.75) is 44.7 Å². The molecular formula is C18H21N5O. The van der Waals surface area contributed by atoms with Gasteiger partial charge in [-0.25, -0.2) is 4.98 Å². The Morgan fingerprint density at radius 2 is 2.08 bits per heavy atom. The molecule has 6 nitrogen and oxygen atoms in total. The van der Waals surface area contributed by atoms with Gasteiger partial charge in [-0.05, 0) is 37.9 Å². The number of likely N-dealkylation sites (tertiary alicyclic amines) is 1. The first kappa shape index (κ1) is 14.2. The van der Waals surface area contributed by atoms with Gasteiger partial charge in [-0.1, -0.05) is 12.1 Å². The van der Waals surface area contributed by atoms with E-state index in [0.717, 1.165) is 67.7 Å². The van der Waals surface area contributed by atoms with Crippen LogP contribution in [0.1, 0.15) is 42.7 Å². The van der Waals surface area contributed by atoms with Gasteiger partial charge in [0.2, 0.25) is 0 Å². The maximum atomic E-state index is 5.99. The summed E-state index contributed by atoms with van der Waals surface area (Å²) in [6.45, 7) is 4.04. The molecule has 124 valence electrons. The lowest BCUT2D eigenvalue weighted by Gasteiger charge is -2.30. The van der Waals surface area contributed by atoms with Gasteiger partial charge in [0.05, 0.1) is 6.54 Å². The molecule has 1 fully saturated rings. The van der Waals surface area contributed by atoms with E-state index in [1.807, 2.05) is 24.3 Å². The third-order valence-electron chi connectivity index (χ3n) is 5.22. The molecule has 0 aliphatic carbocycles. The summed E-state index contributed by atoms with van der Waals surface area (Å²) in [7, 11) is 0. The molecule has 0 amide bonds. The SMILES string of the molecule is c1ccc2oc(C3CCCN(Cc4nnc5n4CCC5)C3)nc2c1. The number of nitrogens with zero attached hydrogens (tertiary/aromatic N) is 5. The molecule has 2 aliphatic heterocycles. The third kappa shape index (κ3) is 2.41. The van der Waals surface area contributed by atoms with Gasteiger partial charge < -0.3 is 8.98 Å². The van der Waals surface area contributed by atoms with Crippen molar-refractivity contribution in [1.82, 2.24) is 24.6 Å². The lowest BCUT2D eigenvalue weighted by molar-refractivity contribution is 0.181. The molecule has 3 aromatic rings. The Balaban J connectivity index is 1.34. The van der Waals surface area contributed by atoms with E-state index in [0.29, 0.717) is 5.92 Å². The van der Waals surface area contributed by atoms with Gasteiger partial charge >= 0.3 is 0 Å². The smallest absolute Gasteiger partial charge is 0.199 e. The van der Waals surface area contributed by atoms with Crippen LogP contribution in [0.4, 0.5) is 0 Å². The maximum Gasteiger partial charge on any atom is 0.199 e. The fourth-order valence-electron chi connectivity index (χ4n) is 3.99. The molecule has 0 N–H and O–H groups in total. The van der Waals surface area contributed by atoms with Crippen LogP contribution in [0.5, 0.6) is 0 Å². The molecule has 1 aromatic carbocycles. The second-order valence-corrected chi connectivity index (χ2v) is 6.88. The normalized spacial score (nSPS) is 21.4. The Hall–Kier alpha value is -2.21. The van der Waals surface area contributed by atoms with Crippen molar-refractivity contribution in [3.05, 3.63) is 41.8 Å². The summed E-state index contributed by atoms with van der Waals surface area (Å²) in [5, 5.41) is 8.72. The van der Waals surface area contributed by atoms with Crippen molar-refractivity contribution in [2.24, 2.45) is 0 Å². The van der Waals surface area contributed by atoms with Crippen LogP contribution in [0.15, 0.2) is 28.7 Å². The average Bonchev–Trinajstić information content (AvgIpc) is 3.31. The second kappa shape index (κ2) is 5.70. The minimum atomic E-state index is 0.368. The van der Waals surface area contributed by atoms with Gasteiger partial charge in [0.1, 0.15) is 17.2 Å². The topological polar surface area (TPSA) is 60.0 Å². The molecule has 0 radical (unpaired) electrons. The highest BCUT2D eigenvalue weighted by Gasteiger charge is 2.27. The summed E-state index contributed by atoms with van der Waals surface area (Å²) in [6.07, 6.45) is 4.58. The number of oxazole rings is 1. The number of benzene rings is 1. The molecule has 1 unspecified atom stereocenters. The van der Waals surface area contributed by atoms with E-state index in [9.17, 15) is 0 Å². The van der Waals surface area contributed by atoms with Gasteiger partial charge in [-0.15, -0.1) is 10.2 Å². The Bertz CT molecular complexity index is 834. The Labute approximate surface area is 140 Å². The molecule has 2 aliphatic rings. The average molecular weight is 323 g/mol. The van der Waals surface area contributed by atoms with Gasteiger partial charge in [0, 0.05) is 25.4 Å². The van der Waals surface area contributed by atoms with E-state index in [2.05, 4.69) is 19.7 Å². The van der Waals surface area contributed by atoms with E-state index in [1.165, 1.54) is 12.8 Å². The summed E-state index contributed by atoms with van der Waals surface area (Å²) in [5.74, 6) is 3.51. The van der Waals surface area contributed by atoms with Gasteiger partial charge in [0.15, 0.2) is 11.5 Å². The molecule has 6 heteroatoms. The first-order chi connectivity index (χ1) is 11.9. The van der Waals surface area contributed by atoms with Crippen molar-refractivity contribution < 1.29 is 4.42 Å². The zero-order chi connectivity index (χ0) is 15.9. The number of fused-ring (bicyclic) bond motifs is 2. The molecule has 4 heterocycles. The van der Waals surface area contributed by atoms with Crippen LogP contribution in [0.3, 0.4) is 0 Å². The molecule has 0 spiro atoms. The summed E-state index contributed by atoms with van der Waals surface area (Å²) in [4.78, 5) is 7.17. The fraction of sp³-hybridized carbons (Fsp3) is 0.500. The highest BCUT2D eigenvalue weighted by atomic mass is 16.3. The maximum absolute atomic E-state index is 5.99. The Morgan fingerprint density at radius 1 is 1.12 bits per heavy atom.